The molecule has 2 aliphatic carbocycles. The average molecular weight is 879 g/mol. The van der Waals surface area contributed by atoms with Crippen molar-refractivity contribution in [3.63, 3.8) is 0 Å². The number of nitrogens with one attached hydrogen (secondary N) is 3. The number of para-hydroxylation sites is 1. The van der Waals surface area contributed by atoms with Crippen LogP contribution in [0, 0.1) is 11.8 Å². The predicted octanol–water partition coefficient (Wildman–Crippen LogP) is 6.09. The van der Waals surface area contributed by atoms with E-state index in [1.54, 1.807) is 17.8 Å². The van der Waals surface area contributed by atoms with Gasteiger partial charge in [0.2, 0.25) is 17.7 Å². The summed E-state index contributed by atoms with van der Waals surface area (Å²) in [4.78, 5) is 62.1. The van der Waals surface area contributed by atoms with Crippen LogP contribution >= 0.6 is 0 Å². The summed E-state index contributed by atoms with van der Waals surface area (Å²) in [6.45, 7) is 9.15. The second-order valence-electron chi connectivity index (χ2n) is 18.0. The lowest BCUT2D eigenvalue weighted by Gasteiger charge is -2.31. The minimum absolute atomic E-state index is 0.127. The Labute approximate surface area is 373 Å². The molecule has 0 radical (unpaired) electrons. The lowest BCUT2D eigenvalue weighted by atomic mass is 9.86. The van der Waals surface area contributed by atoms with Gasteiger partial charge in [-0.3, -0.25) is 33.5 Å². The van der Waals surface area contributed by atoms with Crippen molar-refractivity contribution >= 4 is 40.3 Å². The molecule has 1 atom stereocenters. The molecule has 2 saturated carbocycles. The molecule has 0 spiro atoms. The quantitative estimate of drug-likeness (QED) is 0.0569. The van der Waals surface area contributed by atoms with Crippen molar-refractivity contribution in [2.75, 3.05) is 63.7 Å². The van der Waals surface area contributed by atoms with Crippen LogP contribution < -0.4 is 21.6 Å². The fourth-order valence-electron chi connectivity index (χ4n) is 9.03. The second-order valence-corrected chi connectivity index (χ2v) is 18.0. The van der Waals surface area contributed by atoms with Crippen LogP contribution in [0.3, 0.4) is 0 Å². The number of hydrogen-bond acceptors (Lipinski definition) is 12. The summed E-state index contributed by atoms with van der Waals surface area (Å²) in [5.41, 5.74) is 4.79. The number of amides is 3. The fraction of sp³-hybridized carbons (Fsp3) is 0.553. The molecule has 3 amide bonds. The fourth-order valence-corrected chi connectivity index (χ4v) is 9.03. The maximum Gasteiger partial charge on any atom is 0.329 e. The van der Waals surface area contributed by atoms with E-state index < -0.39 is 11.9 Å². The number of nitrogens with zero attached hydrogens (tertiary/aromatic N) is 7. The Bertz CT molecular complexity index is 2470. The summed E-state index contributed by atoms with van der Waals surface area (Å²) in [6.07, 6.45) is 13.9. The number of benzene rings is 1. The van der Waals surface area contributed by atoms with Crippen molar-refractivity contribution in [3.05, 3.63) is 76.4 Å². The van der Waals surface area contributed by atoms with Crippen LogP contribution in [0.15, 0.2) is 58.2 Å². The summed E-state index contributed by atoms with van der Waals surface area (Å²) >= 11 is 0. The van der Waals surface area contributed by atoms with Crippen LogP contribution in [0.1, 0.15) is 111 Å². The zero-order valence-corrected chi connectivity index (χ0v) is 37.5. The van der Waals surface area contributed by atoms with Gasteiger partial charge in [0.1, 0.15) is 18.1 Å². The number of fused-ring (bicyclic) bond motifs is 1. The number of aryl methyl sites for hydroxylation is 2. The first-order valence-electron chi connectivity index (χ1n) is 22.9. The summed E-state index contributed by atoms with van der Waals surface area (Å²) < 4.78 is 22.7. The zero-order chi connectivity index (χ0) is 44.7. The third-order valence-corrected chi connectivity index (χ3v) is 12.8. The maximum atomic E-state index is 13.4. The van der Waals surface area contributed by atoms with Crippen molar-refractivity contribution in [1.29, 1.82) is 0 Å². The molecule has 64 heavy (non-hydrogen) atoms. The van der Waals surface area contributed by atoms with Crippen LogP contribution in [-0.4, -0.2) is 105 Å². The number of carbonyl (C=O) groups is 3. The van der Waals surface area contributed by atoms with Crippen molar-refractivity contribution in [2.24, 2.45) is 18.9 Å². The van der Waals surface area contributed by atoms with Gasteiger partial charge >= 0.3 is 5.69 Å². The molecule has 4 aromatic heterocycles. The van der Waals surface area contributed by atoms with E-state index in [1.807, 2.05) is 36.5 Å². The van der Waals surface area contributed by atoms with E-state index in [1.165, 1.54) is 23.7 Å². The first kappa shape index (κ1) is 44.9. The normalized spacial score (nSPS) is 19.2. The highest BCUT2D eigenvalue weighted by Gasteiger charge is 2.32. The van der Waals surface area contributed by atoms with Crippen molar-refractivity contribution in [1.82, 2.24) is 39.1 Å². The number of ether oxygens (including phenoxy) is 2. The van der Waals surface area contributed by atoms with Gasteiger partial charge in [-0.05, 0) is 106 Å². The van der Waals surface area contributed by atoms with Crippen molar-refractivity contribution < 1.29 is 28.3 Å². The Kier molecular flexibility index (Phi) is 14.4. The van der Waals surface area contributed by atoms with Gasteiger partial charge in [-0.15, -0.1) is 0 Å². The van der Waals surface area contributed by atoms with Gasteiger partial charge < -0.3 is 29.4 Å². The molecule has 8 rings (SSSR count). The molecule has 1 aromatic carbocycles. The molecular weight excluding hydrogens is 817 g/mol. The topological polar surface area (TPSA) is 193 Å². The number of aromatic nitrogens is 6. The highest BCUT2D eigenvalue weighted by Crippen LogP contribution is 2.35. The largest absolute Gasteiger partial charge is 0.444 e. The number of imidazole rings is 1. The van der Waals surface area contributed by atoms with Gasteiger partial charge in [-0.2, -0.15) is 5.10 Å². The minimum atomic E-state index is -0.700. The summed E-state index contributed by atoms with van der Waals surface area (Å²) in [5, 5.41) is 13.8. The number of carbonyl (C=O) groups excluding carboxylic acids is 3. The van der Waals surface area contributed by atoms with E-state index in [9.17, 15) is 19.2 Å². The number of pyridine rings is 1. The van der Waals surface area contributed by atoms with E-state index in [0.717, 1.165) is 92.2 Å². The number of oxazole rings is 1. The molecule has 17 heteroatoms. The SMILES string of the molecule is CC(C)c1nn(C2CCC(CN(C)CCOCCOCCCc3cccc4c3n(C)c(=O)n4C3CCC(=O)NC3=O)CC2)cc1NC(=O)c1coc(-c2ccnc(NCC3CC3)c2)n1. The van der Waals surface area contributed by atoms with Crippen LogP contribution in [0.4, 0.5) is 11.5 Å². The molecular formula is C47H62N10O7. The molecule has 342 valence electrons. The number of piperidine rings is 1. The highest BCUT2D eigenvalue weighted by molar-refractivity contribution is 6.03. The summed E-state index contributed by atoms with van der Waals surface area (Å²) in [7, 11) is 3.88. The smallest absolute Gasteiger partial charge is 0.329 e. The van der Waals surface area contributed by atoms with Gasteiger partial charge in [-0.25, -0.2) is 14.8 Å². The van der Waals surface area contributed by atoms with Crippen molar-refractivity contribution in [2.45, 2.75) is 96.1 Å². The number of anilines is 2. The highest BCUT2D eigenvalue weighted by atomic mass is 16.5. The van der Waals surface area contributed by atoms with E-state index in [-0.39, 0.29) is 41.6 Å². The molecule has 17 nitrogen and oxygen atoms in total. The van der Waals surface area contributed by atoms with E-state index in [4.69, 9.17) is 19.0 Å². The number of imide groups is 1. The Morgan fingerprint density at radius 3 is 2.55 bits per heavy atom. The zero-order valence-electron chi connectivity index (χ0n) is 37.5. The molecule has 1 aliphatic heterocycles. The summed E-state index contributed by atoms with van der Waals surface area (Å²) in [6, 6.07) is 9.07. The van der Waals surface area contributed by atoms with Crippen LogP contribution in [0.2, 0.25) is 0 Å². The first-order chi connectivity index (χ1) is 31.0. The van der Waals surface area contributed by atoms with Gasteiger partial charge in [0, 0.05) is 57.7 Å². The summed E-state index contributed by atoms with van der Waals surface area (Å²) in [5.74, 6) is 1.52. The second kappa shape index (κ2) is 20.5. The minimum Gasteiger partial charge on any atom is -0.444 e. The van der Waals surface area contributed by atoms with Gasteiger partial charge in [0.05, 0.1) is 48.3 Å². The Hall–Kier alpha value is -5.65. The standard InChI is InChI=1S/C47H62N10O7/c1-30(2)42-36(50-44(59)37-29-64-46(51-37)34-18-19-48-40(25-34)49-26-31-10-11-31)28-56(53-42)35-14-12-32(13-15-35)27-54(3)20-22-63-24-23-62-21-6-8-33-7-5-9-38-43(33)55(4)47(61)57(38)39-16-17-41(58)52-45(39)60/h5,7,9,18-19,25,28-32,35,39H,6,8,10-17,20-24,26-27H2,1-4H3,(H,48,49)(H,50,59)(H,52,58,60). The molecule has 0 bridgehead atoms. The van der Waals surface area contributed by atoms with E-state index in [2.05, 4.69) is 56.4 Å². The number of likely N-dealkylation sites (N-methyl/N-ethyl adjacent to an activating group) is 1. The van der Waals surface area contributed by atoms with Crippen LogP contribution in [-0.2, 0) is 32.5 Å². The molecule has 3 fully saturated rings. The molecule has 3 N–H and O–H groups in total. The Balaban J connectivity index is 0.720. The van der Waals surface area contributed by atoms with Gasteiger partial charge in [0.15, 0.2) is 5.69 Å². The monoisotopic (exact) mass is 878 g/mol. The van der Waals surface area contributed by atoms with Crippen LogP contribution in [0.5, 0.6) is 0 Å². The predicted molar refractivity (Wildman–Crippen MR) is 242 cm³/mol. The molecule has 5 aromatic rings. The molecule has 1 unspecified atom stereocenters. The maximum absolute atomic E-state index is 13.4. The molecule has 3 aliphatic rings. The van der Waals surface area contributed by atoms with Crippen molar-refractivity contribution in [3.8, 4) is 11.5 Å². The Morgan fingerprint density at radius 1 is 1.00 bits per heavy atom. The van der Waals surface area contributed by atoms with E-state index >= 15 is 0 Å². The lowest BCUT2D eigenvalue weighted by molar-refractivity contribution is -0.135. The third kappa shape index (κ3) is 10.8. The van der Waals surface area contributed by atoms with E-state index in [0.29, 0.717) is 55.9 Å². The number of rotatable bonds is 21. The lowest BCUT2D eigenvalue weighted by Crippen LogP contribution is -2.44. The Morgan fingerprint density at radius 2 is 1.78 bits per heavy atom. The average Bonchev–Trinajstić information content (AvgIpc) is 3.69. The molecule has 1 saturated heterocycles. The van der Waals surface area contributed by atoms with Gasteiger partial charge in [-0.1, -0.05) is 26.0 Å². The molecule has 5 heterocycles. The number of hydrogen-bond donors (Lipinski definition) is 3. The first-order valence-corrected chi connectivity index (χ1v) is 22.9. The van der Waals surface area contributed by atoms with Crippen LogP contribution in [0.25, 0.3) is 22.5 Å². The third-order valence-electron chi connectivity index (χ3n) is 12.8. The van der Waals surface area contributed by atoms with Gasteiger partial charge in [0.25, 0.3) is 5.91 Å².